The van der Waals surface area contributed by atoms with Crippen LogP contribution in [0.4, 0.5) is 0 Å². The second-order valence-corrected chi connectivity index (χ2v) is 6.99. The van der Waals surface area contributed by atoms with E-state index in [1.54, 1.807) is 13.8 Å². The number of nitrogens with two attached hydrogens (primary N) is 3. The lowest BCUT2D eigenvalue weighted by molar-refractivity contribution is -0.143. The van der Waals surface area contributed by atoms with E-state index in [0.29, 0.717) is 12.8 Å². The smallest absolute Gasteiger partial charge is 0.326 e. The topological polar surface area (TPSA) is 186 Å². The molecule has 27 heavy (non-hydrogen) atoms. The standard InChI is InChI=1S/C17H34N6O4/c1-5-10(4)12(18)15(25)22-11(7-6-8-21-17(19)20)14(24)23-13(9(2)3)16(26)27/h9-13H,5-8,18H2,1-4H3,(H,22,25)(H,23,24)(H,26,27)(H4,19,20,21). The molecule has 10 nitrogen and oxygen atoms in total. The molecular formula is C17H34N6O4. The molecule has 0 heterocycles. The van der Waals surface area contributed by atoms with E-state index >= 15 is 0 Å². The highest BCUT2D eigenvalue weighted by molar-refractivity contribution is 5.91. The van der Waals surface area contributed by atoms with Crippen molar-refractivity contribution in [3.8, 4) is 0 Å². The van der Waals surface area contributed by atoms with Gasteiger partial charge in [-0.1, -0.05) is 34.1 Å². The fourth-order valence-electron chi connectivity index (χ4n) is 2.32. The average molecular weight is 386 g/mol. The van der Waals surface area contributed by atoms with Crippen molar-refractivity contribution in [2.24, 2.45) is 34.0 Å². The van der Waals surface area contributed by atoms with Crippen molar-refractivity contribution in [3.05, 3.63) is 0 Å². The van der Waals surface area contributed by atoms with Crippen molar-refractivity contribution in [2.45, 2.75) is 65.1 Å². The molecule has 0 saturated heterocycles. The molecule has 0 aliphatic heterocycles. The zero-order valence-corrected chi connectivity index (χ0v) is 16.6. The Hall–Kier alpha value is -2.36. The number of rotatable bonds is 12. The Morgan fingerprint density at radius 1 is 1.07 bits per heavy atom. The maximum Gasteiger partial charge on any atom is 0.326 e. The minimum atomic E-state index is -1.14. The molecule has 0 rings (SSSR count). The predicted molar refractivity (Wildman–Crippen MR) is 104 cm³/mol. The second kappa shape index (κ2) is 12.1. The van der Waals surface area contributed by atoms with E-state index in [2.05, 4.69) is 15.6 Å². The molecule has 0 aliphatic carbocycles. The van der Waals surface area contributed by atoms with Crippen molar-refractivity contribution < 1.29 is 19.5 Å². The lowest BCUT2D eigenvalue weighted by Crippen LogP contribution is -2.56. The molecule has 10 heteroatoms. The van der Waals surface area contributed by atoms with E-state index in [0.717, 1.165) is 0 Å². The van der Waals surface area contributed by atoms with Crippen molar-refractivity contribution in [3.63, 3.8) is 0 Å². The van der Waals surface area contributed by atoms with Gasteiger partial charge in [-0.3, -0.25) is 14.6 Å². The van der Waals surface area contributed by atoms with Gasteiger partial charge in [-0.05, 0) is 24.7 Å². The monoisotopic (exact) mass is 386 g/mol. The number of aliphatic carboxylic acids is 1. The van der Waals surface area contributed by atoms with Crippen LogP contribution >= 0.6 is 0 Å². The first-order chi connectivity index (χ1) is 12.5. The lowest BCUT2D eigenvalue weighted by Gasteiger charge is -2.25. The van der Waals surface area contributed by atoms with Crippen molar-refractivity contribution in [1.82, 2.24) is 10.6 Å². The summed E-state index contributed by atoms with van der Waals surface area (Å²) in [5.41, 5.74) is 16.5. The molecule has 4 unspecified atom stereocenters. The summed E-state index contributed by atoms with van der Waals surface area (Å²) in [6.45, 7) is 7.41. The van der Waals surface area contributed by atoms with Gasteiger partial charge in [0.15, 0.2) is 5.96 Å². The molecule has 4 atom stereocenters. The van der Waals surface area contributed by atoms with Gasteiger partial charge in [0.25, 0.3) is 0 Å². The Morgan fingerprint density at radius 3 is 2.11 bits per heavy atom. The molecule has 2 amide bonds. The van der Waals surface area contributed by atoms with E-state index in [4.69, 9.17) is 17.2 Å². The van der Waals surface area contributed by atoms with Gasteiger partial charge in [0.1, 0.15) is 12.1 Å². The van der Waals surface area contributed by atoms with E-state index < -0.39 is 35.9 Å². The van der Waals surface area contributed by atoms with Crippen LogP contribution < -0.4 is 27.8 Å². The first-order valence-corrected chi connectivity index (χ1v) is 9.15. The molecule has 0 fully saturated rings. The Bertz CT molecular complexity index is 534. The number of amides is 2. The number of hydrogen-bond acceptors (Lipinski definition) is 5. The van der Waals surface area contributed by atoms with Crippen molar-refractivity contribution in [2.75, 3.05) is 6.54 Å². The van der Waals surface area contributed by atoms with Crippen LogP contribution in [-0.2, 0) is 14.4 Å². The Morgan fingerprint density at radius 2 is 1.67 bits per heavy atom. The summed E-state index contributed by atoms with van der Waals surface area (Å²) in [4.78, 5) is 40.1. The Balaban J connectivity index is 5.15. The SMILES string of the molecule is CCC(C)C(N)C(=O)NC(CCCN=C(N)N)C(=O)NC(C(=O)O)C(C)C. The van der Waals surface area contributed by atoms with Crippen LogP contribution in [0.15, 0.2) is 4.99 Å². The third-order valence-electron chi connectivity index (χ3n) is 4.37. The number of carboxylic acid groups (broad SMARTS) is 1. The summed E-state index contributed by atoms with van der Waals surface area (Å²) < 4.78 is 0. The fraction of sp³-hybridized carbons (Fsp3) is 0.765. The summed E-state index contributed by atoms with van der Waals surface area (Å²) in [5.74, 6) is -2.61. The van der Waals surface area contributed by atoms with E-state index in [-0.39, 0.29) is 30.8 Å². The highest BCUT2D eigenvalue weighted by Crippen LogP contribution is 2.08. The van der Waals surface area contributed by atoms with Gasteiger partial charge in [0.2, 0.25) is 11.8 Å². The molecule has 0 aromatic rings. The number of aliphatic imine (C=N–C) groups is 1. The Kier molecular flexibility index (Phi) is 11.0. The zero-order chi connectivity index (χ0) is 21.1. The molecule has 0 spiro atoms. The van der Waals surface area contributed by atoms with Gasteiger partial charge >= 0.3 is 5.97 Å². The molecule has 0 radical (unpaired) electrons. The number of carbonyl (C=O) groups is 3. The minimum Gasteiger partial charge on any atom is -0.480 e. The van der Waals surface area contributed by atoms with Crippen LogP contribution in [0.1, 0.15) is 47.0 Å². The first kappa shape index (κ1) is 24.6. The van der Waals surface area contributed by atoms with Gasteiger partial charge in [0.05, 0.1) is 6.04 Å². The normalized spacial score (nSPS) is 15.3. The summed E-state index contributed by atoms with van der Waals surface area (Å²) in [6, 6.07) is -2.75. The van der Waals surface area contributed by atoms with Crippen LogP contribution in [0.5, 0.6) is 0 Å². The minimum absolute atomic E-state index is 0.0576. The van der Waals surface area contributed by atoms with Crippen LogP contribution in [0.3, 0.4) is 0 Å². The number of nitrogens with zero attached hydrogens (tertiary/aromatic N) is 1. The van der Waals surface area contributed by atoms with E-state index in [9.17, 15) is 19.5 Å². The third-order valence-corrected chi connectivity index (χ3v) is 4.37. The number of carbonyl (C=O) groups excluding carboxylic acids is 2. The summed E-state index contributed by atoms with van der Waals surface area (Å²) in [6.07, 6.45) is 1.38. The molecule has 0 bridgehead atoms. The number of carboxylic acids is 1. The zero-order valence-electron chi connectivity index (χ0n) is 16.6. The summed E-state index contributed by atoms with van der Waals surface area (Å²) in [5, 5.41) is 14.4. The third kappa shape index (κ3) is 9.23. The van der Waals surface area contributed by atoms with E-state index in [1.807, 2.05) is 13.8 Å². The van der Waals surface area contributed by atoms with Crippen molar-refractivity contribution in [1.29, 1.82) is 0 Å². The van der Waals surface area contributed by atoms with Crippen LogP contribution in [0.25, 0.3) is 0 Å². The van der Waals surface area contributed by atoms with Crippen molar-refractivity contribution >= 4 is 23.7 Å². The quantitative estimate of drug-likeness (QED) is 0.143. The van der Waals surface area contributed by atoms with Gasteiger partial charge in [-0.25, -0.2) is 4.79 Å². The maximum atomic E-state index is 12.6. The summed E-state index contributed by atoms with van der Waals surface area (Å²) in [7, 11) is 0. The second-order valence-electron chi connectivity index (χ2n) is 6.99. The summed E-state index contributed by atoms with van der Waals surface area (Å²) >= 11 is 0. The number of hydrogen-bond donors (Lipinski definition) is 6. The lowest BCUT2D eigenvalue weighted by atomic mass is 9.98. The molecule has 9 N–H and O–H groups in total. The first-order valence-electron chi connectivity index (χ1n) is 9.15. The highest BCUT2D eigenvalue weighted by atomic mass is 16.4. The fourth-order valence-corrected chi connectivity index (χ4v) is 2.32. The van der Waals surface area contributed by atoms with Crippen LogP contribution in [0, 0.1) is 11.8 Å². The molecular weight excluding hydrogens is 352 g/mol. The van der Waals surface area contributed by atoms with Gasteiger partial charge in [-0.2, -0.15) is 0 Å². The van der Waals surface area contributed by atoms with Crippen LogP contribution in [0.2, 0.25) is 0 Å². The predicted octanol–water partition coefficient (Wildman–Crippen LogP) is -0.876. The molecule has 0 aromatic carbocycles. The van der Waals surface area contributed by atoms with Gasteiger partial charge in [-0.15, -0.1) is 0 Å². The number of nitrogens with one attached hydrogen (secondary N) is 2. The Labute approximate surface area is 160 Å². The maximum absolute atomic E-state index is 12.6. The molecule has 156 valence electrons. The molecule has 0 saturated carbocycles. The van der Waals surface area contributed by atoms with Gasteiger partial charge in [0, 0.05) is 6.54 Å². The average Bonchev–Trinajstić information content (AvgIpc) is 2.59. The van der Waals surface area contributed by atoms with E-state index in [1.165, 1.54) is 0 Å². The van der Waals surface area contributed by atoms with Crippen LogP contribution in [-0.4, -0.2) is 53.5 Å². The highest BCUT2D eigenvalue weighted by Gasteiger charge is 2.30. The number of guanidine groups is 1. The largest absolute Gasteiger partial charge is 0.480 e. The molecule has 0 aliphatic rings. The van der Waals surface area contributed by atoms with Gasteiger partial charge < -0.3 is 32.9 Å². The molecule has 0 aromatic heterocycles.